The van der Waals surface area contributed by atoms with Crippen molar-refractivity contribution in [3.05, 3.63) is 11.1 Å². The van der Waals surface area contributed by atoms with Gasteiger partial charge in [0.15, 0.2) is 0 Å². The van der Waals surface area contributed by atoms with Crippen LogP contribution in [0, 0.1) is 39.4 Å². The molecular weight excluding hydrogens is 480 g/mol. The molecule has 38 heavy (non-hydrogen) atoms. The van der Waals surface area contributed by atoms with Crippen LogP contribution in [0.15, 0.2) is 11.1 Å². The van der Waals surface area contributed by atoms with Gasteiger partial charge < -0.3 is 14.2 Å². The van der Waals surface area contributed by atoms with Crippen molar-refractivity contribution in [2.45, 2.75) is 131 Å². The van der Waals surface area contributed by atoms with Crippen LogP contribution in [-0.4, -0.2) is 36.2 Å². The third kappa shape index (κ3) is 3.60. The fourth-order valence-electron chi connectivity index (χ4n) is 10.8. The maximum Gasteiger partial charge on any atom is 0.335 e. The summed E-state index contributed by atoms with van der Waals surface area (Å²) in [5.74, 6) is 0.398. The second-order valence-electron chi connectivity index (χ2n) is 14.0. The SMILES string of the molecule is CCC(=O)O[C@@H]1CC[C@@]2(C)C(CC[C@@]3(C)[C@@H]4CCC5=C(C(=O)O[C@H]5C)[C@@]4(C)[C@@H](OC(C)=O)C[C@@H]32)[C@@]1(C)CC. The quantitative estimate of drug-likeness (QED) is 0.304. The first-order valence-electron chi connectivity index (χ1n) is 15.1. The van der Waals surface area contributed by atoms with Gasteiger partial charge in [-0.05, 0) is 92.4 Å². The van der Waals surface area contributed by atoms with Gasteiger partial charge >= 0.3 is 17.9 Å². The topological polar surface area (TPSA) is 78.9 Å². The average molecular weight is 529 g/mol. The smallest absolute Gasteiger partial charge is 0.335 e. The largest absolute Gasteiger partial charge is 0.462 e. The van der Waals surface area contributed by atoms with Gasteiger partial charge in [-0.25, -0.2) is 4.79 Å². The minimum absolute atomic E-state index is 0.0167. The standard InChI is InChI=1S/C32H48O6/c1-9-26(34)38-24-14-16-30(6)21(29(24,5)10-2)13-15-31(7)22-12-11-20-18(3)36-28(35)27(20)32(22,8)25(17-23(30)31)37-19(4)33/h18,21-25H,9-17H2,1-8H3/t18-,21?,22-,23+,24+,25-,29+,30-,31-,32+/m0/s1. The molecule has 0 aromatic carbocycles. The zero-order chi connectivity index (χ0) is 27.8. The van der Waals surface area contributed by atoms with Crippen molar-refractivity contribution < 1.29 is 28.6 Å². The van der Waals surface area contributed by atoms with Gasteiger partial charge in [-0.2, -0.15) is 0 Å². The van der Waals surface area contributed by atoms with Gasteiger partial charge in [0, 0.05) is 29.7 Å². The monoisotopic (exact) mass is 528 g/mol. The summed E-state index contributed by atoms with van der Waals surface area (Å²) in [4.78, 5) is 38.1. The van der Waals surface area contributed by atoms with E-state index in [1.807, 2.05) is 13.8 Å². The Balaban J connectivity index is 1.58. The first kappa shape index (κ1) is 27.7. The van der Waals surface area contributed by atoms with E-state index in [1.54, 1.807) is 0 Å². The molecular formula is C32H48O6. The van der Waals surface area contributed by atoms with E-state index in [0.29, 0.717) is 18.3 Å². The summed E-state index contributed by atoms with van der Waals surface area (Å²) in [5, 5.41) is 0. The zero-order valence-electron chi connectivity index (χ0n) is 24.8. The number of cyclic esters (lactones) is 1. The summed E-state index contributed by atoms with van der Waals surface area (Å²) in [6.07, 6.45) is 7.41. The Morgan fingerprint density at radius 3 is 2.21 bits per heavy atom. The van der Waals surface area contributed by atoms with Crippen molar-refractivity contribution in [3.63, 3.8) is 0 Å². The molecule has 6 nitrogen and oxygen atoms in total. The molecule has 0 N–H and O–H groups in total. The summed E-state index contributed by atoms with van der Waals surface area (Å²) in [5.41, 5.74) is 1.33. The molecule has 1 unspecified atom stereocenters. The van der Waals surface area contributed by atoms with Crippen molar-refractivity contribution in [3.8, 4) is 0 Å². The number of carbonyl (C=O) groups is 3. The molecule has 0 saturated heterocycles. The third-order valence-corrected chi connectivity index (χ3v) is 12.6. The molecule has 3 fully saturated rings. The van der Waals surface area contributed by atoms with Gasteiger partial charge in [-0.3, -0.25) is 9.59 Å². The molecule has 4 aliphatic carbocycles. The van der Waals surface area contributed by atoms with Gasteiger partial charge in [0.2, 0.25) is 0 Å². The second-order valence-corrected chi connectivity index (χ2v) is 14.0. The second kappa shape index (κ2) is 9.09. The van der Waals surface area contributed by atoms with Crippen LogP contribution < -0.4 is 0 Å². The van der Waals surface area contributed by atoms with E-state index in [9.17, 15) is 14.4 Å². The number of carbonyl (C=O) groups excluding carboxylic acids is 3. The maximum atomic E-state index is 13.3. The van der Waals surface area contributed by atoms with Crippen LogP contribution in [0.1, 0.15) is 113 Å². The van der Waals surface area contributed by atoms with E-state index in [0.717, 1.165) is 62.5 Å². The lowest BCUT2D eigenvalue weighted by Gasteiger charge is -2.70. The highest BCUT2D eigenvalue weighted by atomic mass is 16.6. The molecule has 1 aliphatic heterocycles. The van der Waals surface area contributed by atoms with Gasteiger partial charge in [0.1, 0.15) is 18.3 Å². The van der Waals surface area contributed by atoms with E-state index in [1.165, 1.54) is 6.92 Å². The van der Waals surface area contributed by atoms with Crippen LogP contribution in [0.5, 0.6) is 0 Å². The molecule has 212 valence electrons. The Morgan fingerprint density at radius 1 is 0.921 bits per heavy atom. The lowest BCUT2D eigenvalue weighted by atomic mass is 9.34. The highest BCUT2D eigenvalue weighted by Crippen LogP contribution is 2.74. The van der Waals surface area contributed by atoms with Crippen LogP contribution in [0.3, 0.4) is 0 Å². The molecule has 0 aromatic heterocycles. The number of esters is 3. The van der Waals surface area contributed by atoms with Gasteiger partial charge in [0.25, 0.3) is 0 Å². The molecule has 3 saturated carbocycles. The van der Waals surface area contributed by atoms with Crippen LogP contribution in [-0.2, 0) is 28.6 Å². The Morgan fingerprint density at radius 2 is 1.58 bits per heavy atom. The van der Waals surface area contributed by atoms with Gasteiger partial charge in [-0.1, -0.05) is 41.5 Å². The van der Waals surface area contributed by atoms with Gasteiger partial charge in [-0.15, -0.1) is 0 Å². The van der Waals surface area contributed by atoms with E-state index in [4.69, 9.17) is 14.2 Å². The Kier molecular flexibility index (Phi) is 6.63. The normalized spacial score (nSPS) is 47.7. The highest BCUT2D eigenvalue weighted by molar-refractivity contribution is 5.94. The number of hydrogen-bond acceptors (Lipinski definition) is 6. The average Bonchev–Trinajstić information content (AvgIpc) is 3.15. The predicted molar refractivity (Wildman–Crippen MR) is 144 cm³/mol. The first-order chi connectivity index (χ1) is 17.8. The minimum Gasteiger partial charge on any atom is -0.462 e. The number of rotatable bonds is 4. The lowest BCUT2D eigenvalue weighted by molar-refractivity contribution is -0.243. The van der Waals surface area contributed by atoms with Crippen LogP contribution in [0.2, 0.25) is 0 Å². The summed E-state index contributed by atoms with van der Waals surface area (Å²) in [7, 11) is 0. The lowest BCUT2D eigenvalue weighted by Crippen LogP contribution is -2.67. The van der Waals surface area contributed by atoms with Crippen LogP contribution >= 0.6 is 0 Å². The summed E-state index contributed by atoms with van der Waals surface area (Å²) in [6, 6.07) is 0. The Labute approximate surface area is 228 Å². The number of ether oxygens (including phenoxy) is 3. The molecule has 0 spiro atoms. The summed E-state index contributed by atoms with van der Waals surface area (Å²) < 4.78 is 18.0. The molecule has 0 aromatic rings. The van der Waals surface area contributed by atoms with E-state index in [2.05, 4.69) is 34.6 Å². The zero-order valence-corrected chi connectivity index (χ0v) is 24.8. The third-order valence-electron chi connectivity index (χ3n) is 12.6. The fourth-order valence-corrected chi connectivity index (χ4v) is 10.8. The molecule has 0 bridgehead atoms. The van der Waals surface area contributed by atoms with Crippen LogP contribution in [0.25, 0.3) is 0 Å². The first-order valence-corrected chi connectivity index (χ1v) is 15.1. The molecule has 0 amide bonds. The van der Waals surface area contributed by atoms with Crippen molar-refractivity contribution in [2.75, 3.05) is 0 Å². The minimum atomic E-state index is -0.544. The van der Waals surface area contributed by atoms with Crippen LogP contribution in [0.4, 0.5) is 0 Å². The summed E-state index contributed by atoms with van der Waals surface area (Å²) in [6.45, 7) is 17.0. The fraction of sp³-hybridized carbons (Fsp3) is 0.844. The maximum absolute atomic E-state index is 13.3. The molecule has 10 atom stereocenters. The van der Waals surface area contributed by atoms with E-state index in [-0.39, 0.29) is 58.4 Å². The Hall–Kier alpha value is -1.85. The molecule has 6 heteroatoms. The van der Waals surface area contributed by atoms with E-state index >= 15 is 0 Å². The predicted octanol–water partition coefficient (Wildman–Crippen LogP) is 6.55. The molecule has 5 aliphatic rings. The molecule has 1 heterocycles. The van der Waals surface area contributed by atoms with Crippen molar-refractivity contribution in [1.29, 1.82) is 0 Å². The Bertz CT molecular complexity index is 1060. The van der Waals surface area contributed by atoms with E-state index < -0.39 is 5.41 Å². The van der Waals surface area contributed by atoms with Crippen molar-refractivity contribution in [2.24, 2.45) is 39.4 Å². The summed E-state index contributed by atoms with van der Waals surface area (Å²) >= 11 is 0. The molecule has 5 rings (SSSR count). The number of fused-ring (bicyclic) bond motifs is 6. The number of hydrogen-bond donors (Lipinski definition) is 0. The van der Waals surface area contributed by atoms with Crippen molar-refractivity contribution in [1.82, 2.24) is 0 Å². The molecule has 0 radical (unpaired) electrons. The van der Waals surface area contributed by atoms with Gasteiger partial charge in [0.05, 0.1) is 0 Å². The van der Waals surface area contributed by atoms with Crippen molar-refractivity contribution >= 4 is 17.9 Å². The highest BCUT2D eigenvalue weighted by Gasteiger charge is 2.71.